The molecule has 0 saturated carbocycles. The highest BCUT2D eigenvalue weighted by molar-refractivity contribution is 7.89. The van der Waals surface area contributed by atoms with Crippen LogP contribution in [0.4, 0.5) is 0 Å². The molecule has 1 aliphatic heterocycles. The first-order valence-corrected chi connectivity index (χ1v) is 8.91. The molecule has 0 aliphatic carbocycles. The van der Waals surface area contributed by atoms with Gasteiger partial charge in [0.25, 0.3) is 0 Å². The van der Waals surface area contributed by atoms with E-state index >= 15 is 0 Å². The fraction of sp³-hybridized carbons (Fsp3) is 0.714. The lowest BCUT2D eigenvalue weighted by Gasteiger charge is -2.20. The summed E-state index contributed by atoms with van der Waals surface area (Å²) in [5, 5.41) is 9.28. The van der Waals surface area contributed by atoms with Crippen molar-refractivity contribution in [2.75, 3.05) is 33.2 Å². The summed E-state index contributed by atoms with van der Waals surface area (Å²) in [4.78, 5) is 2.56. The van der Waals surface area contributed by atoms with Crippen LogP contribution in [0.1, 0.15) is 25.5 Å². The number of nitrogens with zero attached hydrogens (tertiary/aromatic N) is 3. The van der Waals surface area contributed by atoms with Gasteiger partial charge in [0.15, 0.2) is 0 Å². The third-order valence-electron chi connectivity index (χ3n) is 4.10. The van der Waals surface area contributed by atoms with Crippen LogP contribution in [-0.4, -0.2) is 60.5 Å². The van der Waals surface area contributed by atoms with Crippen molar-refractivity contribution in [1.82, 2.24) is 13.8 Å². The third kappa shape index (κ3) is 3.66. The quantitative estimate of drug-likeness (QED) is 0.805. The number of likely N-dealkylation sites (tertiary alicyclic amines) is 1. The molecule has 1 aromatic rings. The fourth-order valence-electron chi connectivity index (χ4n) is 2.68. The minimum atomic E-state index is -3.48. The van der Waals surface area contributed by atoms with E-state index in [-0.39, 0.29) is 11.5 Å². The molecule has 0 spiro atoms. The predicted molar refractivity (Wildman–Crippen MR) is 81.5 cm³/mol. The normalized spacial score (nSPS) is 17.0. The van der Waals surface area contributed by atoms with Crippen LogP contribution >= 0.6 is 0 Å². The summed E-state index contributed by atoms with van der Waals surface area (Å²) >= 11 is 0. The second kappa shape index (κ2) is 6.91. The van der Waals surface area contributed by atoms with Gasteiger partial charge in [-0.15, -0.1) is 0 Å². The molecule has 1 aromatic heterocycles. The summed E-state index contributed by atoms with van der Waals surface area (Å²) in [6.45, 7) is 5.81. The Balaban J connectivity index is 2.06. The lowest BCUT2D eigenvalue weighted by Crippen LogP contribution is -2.35. The van der Waals surface area contributed by atoms with Crippen LogP contribution in [0.15, 0.2) is 17.2 Å². The summed E-state index contributed by atoms with van der Waals surface area (Å²) in [6.07, 6.45) is 4.01. The maximum Gasteiger partial charge on any atom is 0.244 e. The predicted octanol–water partition coefficient (Wildman–Crippen LogP) is 0.717. The van der Waals surface area contributed by atoms with Crippen molar-refractivity contribution in [2.24, 2.45) is 0 Å². The summed E-state index contributed by atoms with van der Waals surface area (Å²) in [6, 6.07) is 1.56. The maximum atomic E-state index is 12.5. The molecule has 21 heavy (non-hydrogen) atoms. The lowest BCUT2D eigenvalue weighted by atomic mass is 10.4. The minimum absolute atomic E-state index is 0.152. The van der Waals surface area contributed by atoms with Crippen molar-refractivity contribution < 1.29 is 13.5 Å². The Morgan fingerprint density at radius 1 is 1.33 bits per heavy atom. The molecule has 0 aromatic carbocycles. The van der Waals surface area contributed by atoms with Gasteiger partial charge in [0.2, 0.25) is 10.0 Å². The van der Waals surface area contributed by atoms with E-state index in [2.05, 4.69) is 4.90 Å². The molecule has 2 rings (SSSR count). The standard InChI is InChI=1S/C14H25N3O3S/c1-3-17-11-14(10-13(17)12-18)21(19,20)15(2)8-9-16-6-4-5-7-16/h10-11,18H,3-9,12H2,1-2H3. The van der Waals surface area contributed by atoms with Crippen molar-refractivity contribution in [1.29, 1.82) is 0 Å². The Bertz CT molecular complexity index is 541. The van der Waals surface area contributed by atoms with Crippen LogP contribution in [0.25, 0.3) is 0 Å². The number of hydrogen-bond acceptors (Lipinski definition) is 4. The van der Waals surface area contributed by atoms with Crippen LogP contribution < -0.4 is 0 Å². The van der Waals surface area contributed by atoms with Crippen LogP contribution in [-0.2, 0) is 23.2 Å². The zero-order valence-electron chi connectivity index (χ0n) is 12.8. The molecule has 7 heteroatoms. The van der Waals surface area contributed by atoms with Crippen molar-refractivity contribution in [2.45, 2.75) is 37.8 Å². The average Bonchev–Trinajstić information content (AvgIpc) is 3.13. The Morgan fingerprint density at radius 2 is 2.00 bits per heavy atom. The summed E-state index contributed by atoms with van der Waals surface area (Å²) in [5.74, 6) is 0. The van der Waals surface area contributed by atoms with Crippen LogP contribution in [0, 0.1) is 0 Å². The molecule has 1 fully saturated rings. The zero-order chi connectivity index (χ0) is 15.5. The third-order valence-corrected chi connectivity index (χ3v) is 5.92. The molecular formula is C14H25N3O3S. The summed E-state index contributed by atoms with van der Waals surface area (Å²) in [7, 11) is -1.86. The zero-order valence-corrected chi connectivity index (χ0v) is 13.6. The molecule has 0 radical (unpaired) electrons. The van der Waals surface area contributed by atoms with Gasteiger partial charge in [0, 0.05) is 38.6 Å². The molecule has 120 valence electrons. The van der Waals surface area contributed by atoms with Crippen LogP contribution in [0.5, 0.6) is 0 Å². The SMILES string of the molecule is CCn1cc(S(=O)(=O)N(C)CCN2CCCC2)cc1CO. The Hall–Kier alpha value is -0.890. The first-order valence-electron chi connectivity index (χ1n) is 7.47. The Morgan fingerprint density at radius 3 is 2.52 bits per heavy atom. The van der Waals surface area contributed by atoms with E-state index in [1.807, 2.05) is 6.92 Å². The van der Waals surface area contributed by atoms with Crippen LogP contribution in [0.3, 0.4) is 0 Å². The Kier molecular flexibility index (Phi) is 5.43. The van der Waals surface area contributed by atoms with Gasteiger partial charge in [-0.3, -0.25) is 0 Å². The number of rotatable bonds is 7. The lowest BCUT2D eigenvalue weighted by molar-refractivity contribution is 0.271. The highest BCUT2D eigenvalue weighted by Crippen LogP contribution is 2.18. The van der Waals surface area contributed by atoms with Crippen molar-refractivity contribution in [3.05, 3.63) is 18.0 Å². The van der Waals surface area contributed by atoms with Crippen molar-refractivity contribution in [3.8, 4) is 0 Å². The minimum Gasteiger partial charge on any atom is -0.390 e. The molecule has 1 aliphatic rings. The van der Waals surface area contributed by atoms with E-state index in [9.17, 15) is 13.5 Å². The summed E-state index contributed by atoms with van der Waals surface area (Å²) in [5.41, 5.74) is 0.629. The maximum absolute atomic E-state index is 12.5. The second-order valence-electron chi connectivity index (χ2n) is 5.49. The van der Waals surface area contributed by atoms with Crippen LogP contribution in [0.2, 0.25) is 0 Å². The van der Waals surface area contributed by atoms with E-state index < -0.39 is 10.0 Å². The van der Waals surface area contributed by atoms with E-state index in [4.69, 9.17) is 0 Å². The largest absolute Gasteiger partial charge is 0.390 e. The first kappa shape index (κ1) is 16.5. The number of hydrogen-bond donors (Lipinski definition) is 1. The number of likely N-dealkylation sites (N-methyl/N-ethyl adjacent to an activating group) is 1. The monoisotopic (exact) mass is 315 g/mol. The number of aliphatic hydroxyl groups excluding tert-OH is 1. The number of aryl methyl sites for hydroxylation is 1. The summed E-state index contributed by atoms with van der Waals surface area (Å²) < 4.78 is 28.3. The highest BCUT2D eigenvalue weighted by atomic mass is 32.2. The number of aromatic nitrogens is 1. The number of aliphatic hydroxyl groups is 1. The van der Waals surface area contributed by atoms with Gasteiger partial charge in [0.05, 0.1) is 6.61 Å². The molecular weight excluding hydrogens is 290 g/mol. The van der Waals surface area contributed by atoms with E-state index in [0.717, 1.165) is 19.6 Å². The molecule has 6 nitrogen and oxygen atoms in total. The molecule has 2 heterocycles. The van der Waals surface area contributed by atoms with Gasteiger partial charge < -0.3 is 14.6 Å². The molecule has 0 atom stereocenters. The van der Waals surface area contributed by atoms with Crippen molar-refractivity contribution >= 4 is 10.0 Å². The van der Waals surface area contributed by atoms with Gasteiger partial charge in [-0.05, 0) is 38.9 Å². The molecule has 0 bridgehead atoms. The fourth-order valence-corrected chi connectivity index (χ4v) is 3.91. The van der Waals surface area contributed by atoms with E-state index in [1.165, 1.54) is 17.1 Å². The average molecular weight is 315 g/mol. The molecule has 1 saturated heterocycles. The Labute approximate surface area is 127 Å². The van der Waals surface area contributed by atoms with Gasteiger partial charge >= 0.3 is 0 Å². The first-order chi connectivity index (χ1) is 9.98. The smallest absolute Gasteiger partial charge is 0.244 e. The van der Waals surface area contributed by atoms with Gasteiger partial charge in [-0.1, -0.05) is 0 Å². The number of sulfonamides is 1. The molecule has 0 unspecified atom stereocenters. The van der Waals surface area contributed by atoms with Gasteiger partial charge in [-0.25, -0.2) is 8.42 Å². The second-order valence-corrected chi connectivity index (χ2v) is 7.53. The van der Waals surface area contributed by atoms with Gasteiger partial charge in [0.1, 0.15) is 4.90 Å². The topological polar surface area (TPSA) is 65.8 Å². The van der Waals surface area contributed by atoms with E-state index in [0.29, 0.717) is 18.8 Å². The van der Waals surface area contributed by atoms with Crippen molar-refractivity contribution in [3.63, 3.8) is 0 Å². The van der Waals surface area contributed by atoms with Gasteiger partial charge in [-0.2, -0.15) is 4.31 Å². The molecule has 1 N–H and O–H groups in total. The molecule has 0 amide bonds. The van der Waals surface area contributed by atoms with E-state index in [1.54, 1.807) is 23.9 Å². The highest BCUT2D eigenvalue weighted by Gasteiger charge is 2.24.